The van der Waals surface area contributed by atoms with Gasteiger partial charge in [0.25, 0.3) is 10.0 Å². The van der Waals surface area contributed by atoms with Crippen molar-refractivity contribution in [2.24, 2.45) is 0 Å². The van der Waals surface area contributed by atoms with Crippen LogP contribution in [-0.4, -0.2) is 60.7 Å². The predicted molar refractivity (Wildman–Crippen MR) is 119 cm³/mol. The van der Waals surface area contributed by atoms with E-state index in [0.29, 0.717) is 36.2 Å². The zero-order valence-electron chi connectivity index (χ0n) is 16.3. The van der Waals surface area contributed by atoms with Gasteiger partial charge in [0.2, 0.25) is 5.91 Å². The quantitative estimate of drug-likeness (QED) is 0.626. The molecule has 0 bridgehead atoms. The van der Waals surface area contributed by atoms with Crippen molar-refractivity contribution >= 4 is 55.5 Å². The largest absolute Gasteiger partial charge is 0.324 e. The Hall–Kier alpha value is -2.04. The maximum Gasteiger partial charge on any atom is 0.252 e. The highest BCUT2D eigenvalue weighted by Gasteiger charge is 2.32. The molecular weight excluding hydrogens is 444 g/mol. The predicted octanol–water partition coefficient (Wildman–Crippen LogP) is 3.28. The van der Waals surface area contributed by atoms with Gasteiger partial charge in [0, 0.05) is 37.8 Å². The van der Waals surface area contributed by atoms with Gasteiger partial charge in [0.1, 0.15) is 4.21 Å². The summed E-state index contributed by atoms with van der Waals surface area (Å²) in [5, 5.41) is 3.87. The summed E-state index contributed by atoms with van der Waals surface area (Å²) in [6, 6.07) is 12.1. The number of sulfonamides is 1. The smallest absolute Gasteiger partial charge is 0.252 e. The number of fused-ring (bicyclic) bond motifs is 1. The average molecular weight is 465 g/mol. The summed E-state index contributed by atoms with van der Waals surface area (Å²) in [6.45, 7) is 3.44. The summed E-state index contributed by atoms with van der Waals surface area (Å²) < 4.78 is 27.6. The Morgan fingerprint density at radius 3 is 2.60 bits per heavy atom. The molecule has 3 heterocycles. The molecule has 1 unspecified atom stereocenters. The number of piperazine rings is 1. The number of pyridine rings is 1. The second-order valence-electron chi connectivity index (χ2n) is 7.04. The van der Waals surface area contributed by atoms with Gasteiger partial charge in [-0.3, -0.25) is 14.7 Å². The summed E-state index contributed by atoms with van der Waals surface area (Å²) in [7, 11) is -3.55. The van der Waals surface area contributed by atoms with Crippen LogP contribution in [0.3, 0.4) is 0 Å². The van der Waals surface area contributed by atoms with Crippen LogP contribution in [0.5, 0.6) is 0 Å². The minimum absolute atomic E-state index is 0.132. The number of carbonyl (C=O) groups is 1. The third kappa shape index (κ3) is 4.21. The lowest BCUT2D eigenvalue weighted by Crippen LogP contribution is -2.53. The van der Waals surface area contributed by atoms with Gasteiger partial charge in [-0.25, -0.2) is 8.42 Å². The lowest BCUT2D eigenvalue weighted by molar-refractivity contribution is -0.121. The molecule has 2 aromatic heterocycles. The van der Waals surface area contributed by atoms with Crippen molar-refractivity contribution in [3.05, 3.63) is 53.0 Å². The van der Waals surface area contributed by atoms with E-state index in [1.807, 2.05) is 42.2 Å². The molecule has 0 aliphatic carbocycles. The van der Waals surface area contributed by atoms with Crippen LogP contribution >= 0.6 is 22.9 Å². The van der Waals surface area contributed by atoms with Gasteiger partial charge in [-0.15, -0.1) is 11.3 Å². The average Bonchev–Trinajstić information content (AvgIpc) is 3.21. The summed E-state index contributed by atoms with van der Waals surface area (Å²) in [6.07, 6.45) is 1.72. The number of thiophene rings is 1. The molecule has 1 amide bonds. The topological polar surface area (TPSA) is 82.6 Å². The molecule has 1 aliphatic rings. The Labute approximate surface area is 184 Å². The normalized spacial score (nSPS) is 17.1. The Morgan fingerprint density at radius 2 is 1.90 bits per heavy atom. The number of hydrogen-bond acceptors (Lipinski definition) is 6. The third-order valence-electron chi connectivity index (χ3n) is 5.25. The molecule has 0 radical (unpaired) electrons. The first-order valence-corrected chi connectivity index (χ1v) is 12.1. The number of rotatable bonds is 5. The molecular formula is C20H21ClN4O3S2. The van der Waals surface area contributed by atoms with Gasteiger partial charge >= 0.3 is 0 Å². The molecule has 158 valence electrons. The first-order valence-electron chi connectivity index (χ1n) is 9.50. The molecule has 0 saturated carbocycles. The number of nitrogens with zero attached hydrogens (tertiary/aromatic N) is 3. The molecule has 0 spiro atoms. The highest BCUT2D eigenvalue weighted by Crippen LogP contribution is 2.29. The minimum Gasteiger partial charge on any atom is -0.324 e. The van der Waals surface area contributed by atoms with E-state index < -0.39 is 16.1 Å². The molecule has 30 heavy (non-hydrogen) atoms. The highest BCUT2D eigenvalue weighted by atomic mass is 35.5. The van der Waals surface area contributed by atoms with Crippen molar-refractivity contribution in [2.75, 3.05) is 31.5 Å². The molecule has 1 fully saturated rings. The van der Waals surface area contributed by atoms with E-state index in [2.05, 4.69) is 10.3 Å². The van der Waals surface area contributed by atoms with Crippen molar-refractivity contribution in [1.82, 2.24) is 14.2 Å². The van der Waals surface area contributed by atoms with Crippen molar-refractivity contribution in [3.63, 3.8) is 0 Å². The van der Waals surface area contributed by atoms with E-state index in [1.165, 1.54) is 10.4 Å². The minimum atomic E-state index is -3.55. The number of carbonyl (C=O) groups excluding carboxylic acids is 1. The number of aromatic nitrogens is 1. The van der Waals surface area contributed by atoms with Gasteiger partial charge in [-0.2, -0.15) is 4.31 Å². The van der Waals surface area contributed by atoms with Crippen LogP contribution in [0.15, 0.2) is 52.9 Å². The van der Waals surface area contributed by atoms with E-state index in [4.69, 9.17) is 11.6 Å². The number of nitrogens with one attached hydrogen (secondary N) is 1. The number of anilines is 1. The summed E-state index contributed by atoms with van der Waals surface area (Å²) in [4.78, 5) is 19.1. The number of benzene rings is 1. The van der Waals surface area contributed by atoms with Crippen LogP contribution in [0, 0.1) is 0 Å². The summed E-state index contributed by atoms with van der Waals surface area (Å²) in [5.74, 6) is -0.132. The van der Waals surface area contributed by atoms with Crippen molar-refractivity contribution in [2.45, 2.75) is 17.2 Å². The molecule has 7 nitrogen and oxygen atoms in total. The van der Waals surface area contributed by atoms with Gasteiger partial charge in [-0.05, 0) is 43.3 Å². The molecule has 1 aromatic carbocycles. The standard InChI is InChI=1S/C20H21ClN4O3S2/c1-14(20(26)23-17-6-2-5-16-15(17)4-3-9-22-16)24-10-12-25(13-11-24)30(27,28)19-8-7-18(21)29-19/h2-9,14H,10-13H2,1H3,(H,23,26). The number of halogens is 1. The van der Waals surface area contributed by atoms with Crippen LogP contribution in [0.1, 0.15) is 6.92 Å². The lowest BCUT2D eigenvalue weighted by Gasteiger charge is -2.36. The number of hydrogen-bond donors (Lipinski definition) is 1. The number of amides is 1. The van der Waals surface area contributed by atoms with E-state index in [-0.39, 0.29) is 10.1 Å². The fraction of sp³-hybridized carbons (Fsp3) is 0.300. The van der Waals surface area contributed by atoms with Crippen molar-refractivity contribution in [3.8, 4) is 0 Å². The van der Waals surface area contributed by atoms with Crippen molar-refractivity contribution in [1.29, 1.82) is 0 Å². The maximum atomic E-state index is 12.8. The van der Waals surface area contributed by atoms with E-state index in [9.17, 15) is 13.2 Å². The maximum absolute atomic E-state index is 12.8. The SMILES string of the molecule is CC(C(=O)Nc1cccc2ncccc12)N1CCN(S(=O)(=O)c2ccc(Cl)s2)CC1. The molecule has 1 atom stereocenters. The molecule has 1 N–H and O–H groups in total. The first-order chi connectivity index (χ1) is 14.4. The highest BCUT2D eigenvalue weighted by molar-refractivity contribution is 7.91. The fourth-order valence-corrected chi connectivity index (χ4v) is 6.57. The van der Waals surface area contributed by atoms with Crippen LogP contribution in [-0.2, 0) is 14.8 Å². The zero-order chi connectivity index (χ0) is 21.3. The van der Waals surface area contributed by atoms with E-state index in [0.717, 1.165) is 22.2 Å². The van der Waals surface area contributed by atoms with Crippen LogP contribution in [0.4, 0.5) is 5.69 Å². The zero-order valence-corrected chi connectivity index (χ0v) is 18.7. The van der Waals surface area contributed by atoms with E-state index in [1.54, 1.807) is 12.3 Å². The summed E-state index contributed by atoms with van der Waals surface area (Å²) >= 11 is 6.94. The molecule has 1 aliphatic heterocycles. The molecule has 4 rings (SSSR count). The van der Waals surface area contributed by atoms with Gasteiger partial charge in [-0.1, -0.05) is 17.7 Å². The third-order valence-corrected chi connectivity index (χ3v) is 8.84. The summed E-state index contributed by atoms with van der Waals surface area (Å²) in [5.41, 5.74) is 1.53. The molecule has 10 heteroatoms. The van der Waals surface area contributed by atoms with E-state index >= 15 is 0 Å². The van der Waals surface area contributed by atoms with Gasteiger partial charge in [0.15, 0.2) is 0 Å². The second-order valence-corrected chi connectivity index (χ2v) is 10.9. The Balaban J connectivity index is 1.40. The van der Waals surface area contributed by atoms with Gasteiger partial charge < -0.3 is 5.32 Å². The van der Waals surface area contributed by atoms with Gasteiger partial charge in [0.05, 0.1) is 21.6 Å². The Morgan fingerprint density at radius 1 is 1.13 bits per heavy atom. The van der Waals surface area contributed by atoms with Crippen LogP contribution in [0.25, 0.3) is 10.9 Å². The Kier molecular flexibility index (Phi) is 6.08. The monoisotopic (exact) mass is 464 g/mol. The second kappa shape index (κ2) is 8.60. The molecule has 3 aromatic rings. The Bertz CT molecular complexity index is 1170. The lowest BCUT2D eigenvalue weighted by atomic mass is 10.1. The van der Waals surface area contributed by atoms with Crippen LogP contribution < -0.4 is 5.32 Å². The van der Waals surface area contributed by atoms with Crippen LogP contribution in [0.2, 0.25) is 4.34 Å². The van der Waals surface area contributed by atoms with Crippen molar-refractivity contribution < 1.29 is 13.2 Å². The fourth-order valence-electron chi connectivity index (χ4n) is 3.51. The first kappa shape index (κ1) is 21.2. The molecule has 1 saturated heterocycles.